The van der Waals surface area contributed by atoms with Gasteiger partial charge in [0.25, 0.3) is 0 Å². The Balaban J connectivity index is 2.88. The summed E-state index contributed by atoms with van der Waals surface area (Å²) in [4.78, 5) is 12.0. The van der Waals surface area contributed by atoms with Crippen LogP contribution in [0.25, 0.3) is 0 Å². The summed E-state index contributed by atoms with van der Waals surface area (Å²) < 4.78 is 12.7. The Morgan fingerprint density at radius 2 is 1.95 bits per heavy atom. The summed E-state index contributed by atoms with van der Waals surface area (Å²) >= 11 is 15.7. The van der Waals surface area contributed by atoms with Gasteiger partial charge in [0, 0.05) is 15.8 Å². The topological polar surface area (TPSA) is 35.5 Å². The van der Waals surface area contributed by atoms with Crippen molar-refractivity contribution in [3.63, 3.8) is 0 Å². The molecule has 1 rings (SSSR count). The Morgan fingerprint density at radius 3 is 2.50 bits per heavy atom. The van der Waals surface area contributed by atoms with E-state index in [1.807, 2.05) is 6.07 Å². The highest BCUT2D eigenvalue weighted by Gasteiger charge is 2.16. The molecule has 0 aliphatic rings. The molecule has 0 aliphatic carbocycles. The van der Waals surface area contributed by atoms with Gasteiger partial charge in [-0.3, -0.25) is 4.79 Å². The van der Waals surface area contributed by atoms with Gasteiger partial charge in [-0.05, 0) is 66.3 Å². The van der Waals surface area contributed by atoms with Gasteiger partial charge >= 0.3 is 5.97 Å². The maximum absolute atomic E-state index is 11.4. The zero-order chi connectivity index (χ0) is 15.3. The molecule has 1 aromatic rings. The first-order chi connectivity index (χ1) is 9.40. The lowest BCUT2D eigenvalue weighted by atomic mass is 10.1. The predicted octanol–water partition coefficient (Wildman–Crippen LogP) is 4.85. The highest BCUT2D eigenvalue weighted by atomic mass is 79.9. The molecule has 0 radical (unpaired) electrons. The molecule has 7 heteroatoms. The molecule has 20 heavy (non-hydrogen) atoms. The van der Waals surface area contributed by atoms with E-state index < -0.39 is 0 Å². The van der Waals surface area contributed by atoms with Crippen molar-refractivity contribution in [3.8, 4) is 5.75 Å². The van der Waals surface area contributed by atoms with Gasteiger partial charge in [0.05, 0.1) is 29.1 Å². The first-order valence-electron chi connectivity index (χ1n) is 5.78. The number of esters is 1. The quantitative estimate of drug-likeness (QED) is 0.326. The van der Waals surface area contributed by atoms with Crippen molar-refractivity contribution in [2.75, 3.05) is 13.7 Å². The number of thiocarbonyl (C=S) groups is 1. The third-order valence-electron chi connectivity index (χ3n) is 2.43. The molecule has 110 valence electrons. The predicted molar refractivity (Wildman–Crippen MR) is 93.6 cm³/mol. The van der Waals surface area contributed by atoms with Gasteiger partial charge in [-0.15, -0.1) is 0 Å². The molecule has 0 atom stereocenters. The number of hydrogen-bond acceptors (Lipinski definition) is 4. The highest BCUT2D eigenvalue weighted by Crippen LogP contribution is 2.41. The van der Waals surface area contributed by atoms with E-state index in [1.54, 1.807) is 14.0 Å². The summed E-state index contributed by atoms with van der Waals surface area (Å²) in [7, 11) is 1.60. The number of rotatable bonds is 6. The fraction of sp³-hybridized carbons (Fsp3) is 0.385. The number of hydrogen-bond donors (Lipinski definition) is 0. The third-order valence-corrected chi connectivity index (χ3v) is 5.50. The number of halogens is 3. The van der Waals surface area contributed by atoms with E-state index in [2.05, 4.69) is 47.8 Å². The Bertz CT molecular complexity index is 532. The van der Waals surface area contributed by atoms with Gasteiger partial charge in [-0.1, -0.05) is 12.2 Å². The standard InChI is InChI=1S/C13H13Br3O3S/c1-3-19-10(17)6-8(20)4-7-5-9(14)13(18-2)12(16)11(7)15/h5H,3-4,6H2,1-2H3. The lowest BCUT2D eigenvalue weighted by Crippen LogP contribution is -2.12. The molecule has 0 saturated carbocycles. The summed E-state index contributed by atoms with van der Waals surface area (Å²) in [5.74, 6) is 0.414. The Hall–Kier alpha value is 0.0200. The van der Waals surface area contributed by atoms with E-state index in [0.29, 0.717) is 23.6 Å². The lowest BCUT2D eigenvalue weighted by Gasteiger charge is -2.13. The molecule has 0 aliphatic heterocycles. The fourth-order valence-electron chi connectivity index (χ4n) is 1.59. The lowest BCUT2D eigenvalue weighted by molar-refractivity contribution is -0.141. The minimum Gasteiger partial charge on any atom is -0.494 e. The largest absolute Gasteiger partial charge is 0.494 e. The zero-order valence-electron chi connectivity index (χ0n) is 11.0. The van der Waals surface area contributed by atoms with Gasteiger partial charge in [-0.25, -0.2) is 0 Å². The average molecular weight is 489 g/mol. The second kappa shape index (κ2) is 8.46. The van der Waals surface area contributed by atoms with Gasteiger partial charge in [0.1, 0.15) is 5.75 Å². The number of ether oxygens (including phenoxy) is 2. The Morgan fingerprint density at radius 1 is 1.30 bits per heavy atom. The van der Waals surface area contributed by atoms with Crippen LogP contribution in [0.2, 0.25) is 0 Å². The van der Waals surface area contributed by atoms with Crippen LogP contribution in [0.3, 0.4) is 0 Å². The molecule has 0 fully saturated rings. The van der Waals surface area contributed by atoms with Crippen molar-refractivity contribution >= 4 is 70.8 Å². The van der Waals surface area contributed by atoms with Crippen LogP contribution in [-0.2, 0) is 16.0 Å². The molecule has 0 heterocycles. The van der Waals surface area contributed by atoms with Crippen molar-refractivity contribution in [1.82, 2.24) is 0 Å². The number of methoxy groups -OCH3 is 1. The molecule has 3 nitrogen and oxygen atoms in total. The summed E-state index contributed by atoms with van der Waals surface area (Å²) in [6.07, 6.45) is 0.660. The Labute approximate surface area is 148 Å². The van der Waals surface area contributed by atoms with E-state index >= 15 is 0 Å². The zero-order valence-corrected chi connectivity index (χ0v) is 16.5. The molecule has 0 bridgehead atoms. The summed E-state index contributed by atoms with van der Waals surface area (Å²) in [6.45, 7) is 2.14. The van der Waals surface area contributed by atoms with Crippen molar-refractivity contribution in [2.24, 2.45) is 0 Å². The van der Waals surface area contributed by atoms with Crippen LogP contribution in [-0.4, -0.2) is 24.6 Å². The maximum atomic E-state index is 11.4. The average Bonchev–Trinajstić information content (AvgIpc) is 2.36. The highest BCUT2D eigenvalue weighted by molar-refractivity contribution is 9.13. The number of carbonyl (C=O) groups excluding carboxylic acids is 1. The minimum atomic E-state index is -0.291. The van der Waals surface area contributed by atoms with E-state index in [0.717, 1.165) is 19.0 Å². The molecule has 1 aromatic carbocycles. The molecule has 0 unspecified atom stereocenters. The molecular weight excluding hydrogens is 476 g/mol. The van der Waals surface area contributed by atoms with E-state index in [4.69, 9.17) is 21.7 Å². The van der Waals surface area contributed by atoms with Crippen molar-refractivity contribution < 1.29 is 14.3 Å². The van der Waals surface area contributed by atoms with Crippen LogP contribution in [0.4, 0.5) is 0 Å². The SMILES string of the molecule is CCOC(=O)CC(=S)Cc1cc(Br)c(OC)c(Br)c1Br. The number of benzene rings is 1. The van der Waals surface area contributed by atoms with Gasteiger partial charge in [0.2, 0.25) is 0 Å². The van der Waals surface area contributed by atoms with Gasteiger partial charge < -0.3 is 9.47 Å². The van der Waals surface area contributed by atoms with Crippen LogP contribution in [0.15, 0.2) is 19.5 Å². The molecule has 0 amide bonds. The smallest absolute Gasteiger partial charge is 0.310 e. The molecule has 0 N–H and O–H groups in total. The van der Waals surface area contributed by atoms with Crippen LogP contribution >= 0.6 is 60.0 Å². The van der Waals surface area contributed by atoms with Crippen LogP contribution in [0, 0.1) is 0 Å². The first kappa shape index (κ1) is 18.1. The van der Waals surface area contributed by atoms with Gasteiger partial charge in [0.15, 0.2) is 0 Å². The molecule has 0 spiro atoms. The normalized spacial score (nSPS) is 10.2. The monoisotopic (exact) mass is 486 g/mol. The minimum absolute atomic E-state index is 0.150. The molecule has 0 aromatic heterocycles. The van der Waals surface area contributed by atoms with Crippen molar-refractivity contribution in [1.29, 1.82) is 0 Å². The van der Waals surface area contributed by atoms with E-state index in [1.165, 1.54) is 0 Å². The van der Waals surface area contributed by atoms with Crippen LogP contribution < -0.4 is 4.74 Å². The second-order valence-corrected chi connectivity index (χ2v) is 6.89. The van der Waals surface area contributed by atoms with E-state index in [9.17, 15) is 4.79 Å². The van der Waals surface area contributed by atoms with Gasteiger partial charge in [-0.2, -0.15) is 0 Å². The second-order valence-electron chi connectivity index (χ2n) is 3.88. The Kier molecular flexibility index (Phi) is 7.64. The number of carbonyl (C=O) groups is 1. The molecular formula is C13H13Br3O3S. The van der Waals surface area contributed by atoms with E-state index in [-0.39, 0.29) is 12.4 Å². The van der Waals surface area contributed by atoms with Crippen molar-refractivity contribution in [3.05, 3.63) is 25.0 Å². The fourth-order valence-corrected chi connectivity index (χ4v) is 3.83. The maximum Gasteiger partial charge on any atom is 0.310 e. The summed E-state index contributed by atoms with van der Waals surface area (Å²) in [6, 6.07) is 1.92. The van der Waals surface area contributed by atoms with Crippen LogP contribution in [0.5, 0.6) is 5.75 Å². The summed E-state index contributed by atoms with van der Waals surface area (Å²) in [5.41, 5.74) is 0.971. The molecule has 0 saturated heterocycles. The third kappa shape index (κ3) is 4.79. The van der Waals surface area contributed by atoms with Crippen LogP contribution in [0.1, 0.15) is 18.9 Å². The van der Waals surface area contributed by atoms with Crippen molar-refractivity contribution in [2.45, 2.75) is 19.8 Å². The summed E-state index contributed by atoms with van der Waals surface area (Å²) in [5, 5.41) is 0. The first-order valence-corrected chi connectivity index (χ1v) is 8.57.